The van der Waals surface area contributed by atoms with Gasteiger partial charge in [-0.1, -0.05) is 0 Å². The number of ether oxygens (including phenoxy) is 1. The molecule has 0 saturated heterocycles. The van der Waals surface area contributed by atoms with Crippen molar-refractivity contribution in [1.82, 2.24) is 0 Å². The fourth-order valence-corrected chi connectivity index (χ4v) is 2.14. The average Bonchev–Trinajstić information content (AvgIpc) is 2.44. The summed E-state index contributed by atoms with van der Waals surface area (Å²) < 4.78 is 5.55. The first-order valence-corrected chi connectivity index (χ1v) is 6.67. The molecular weight excluding hydrogens is 250 g/mol. The number of carbonyl (C=O) groups is 1. The molecule has 3 nitrogen and oxygen atoms in total. The highest BCUT2D eigenvalue weighted by Gasteiger charge is 2.15. The van der Waals surface area contributed by atoms with Crippen molar-refractivity contribution >= 4 is 11.5 Å². The van der Waals surface area contributed by atoms with Crippen molar-refractivity contribution in [2.75, 3.05) is 12.3 Å². The van der Waals surface area contributed by atoms with Crippen LogP contribution in [0.4, 0.5) is 5.69 Å². The van der Waals surface area contributed by atoms with Gasteiger partial charge in [-0.05, 0) is 68.3 Å². The van der Waals surface area contributed by atoms with Crippen LogP contribution in [-0.2, 0) is 0 Å². The molecule has 2 aromatic carbocycles. The largest absolute Gasteiger partial charge is 0.494 e. The van der Waals surface area contributed by atoms with Crippen molar-refractivity contribution < 1.29 is 9.53 Å². The molecule has 0 bridgehead atoms. The number of hydrogen-bond donors (Lipinski definition) is 1. The van der Waals surface area contributed by atoms with Crippen molar-refractivity contribution in [2.45, 2.75) is 20.8 Å². The highest BCUT2D eigenvalue weighted by molar-refractivity contribution is 6.10. The van der Waals surface area contributed by atoms with Crippen LogP contribution in [0.2, 0.25) is 0 Å². The van der Waals surface area contributed by atoms with Crippen LogP contribution in [-0.4, -0.2) is 12.4 Å². The number of ketones is 1. The van der Waals surface area contributed by atoms with E-state index in [1.54, 1.807) is 24.3 Å². The first-order chi connectivity index (χ1) is 9.54. The van der Waals surface area contributed by atoms with Gasteiger partial charge in [0.05, 0.1) is 6.61 Å². The molecule has 104 valence electrons. The van der Waals surface area contributed by atoms with Crippen LogP contribution in [0, 0.1) is 13.8 Å². The minimum atomic E-state index is 0.00801. The van der Waals surface area contributed by atoms with Crippen molar-refractivity contribution in [3.8, 4) is 5.75 Å². The van der Waals surface area contributed by atoms with E-state index in [1.807, 2.05) is 32.9 Å². The summed E-state index contributed by atoms with van der Waals surface area (Å²) in [6, 6.07) is 10.7. The van der Waals surface area contributed by atoms with E-state index in [0.29, 0.717) is 23.4 Å². The molecule has 0 fully saturated rings. The Hall–Kier alpha value is -2.29. The Morgan fingerprint density at radius 2 is 1.70 bits per heavy atom. The van der Waals surface area contributed by atoms with Crippen LogP contribution in [0.25, 0.3) is 0 Å². The lowest BCUT2D eigenvalue weighted by atomic mass is 9.95. The van der Waals surface area contributed by atoms with Gasteiger partial charge in [0, 0.05) is 16.8 Å². The maximum atomic E-state index is 12.5. The number of anilines is 1. The molecule has 0 saturated carbocycles. The Bertz CT molecular complexity index is 630. The Morgan fingerprint density at radius 1 is 1.05 bits per heavy atom. The zero-order chi connectivity index (χ0) is 14.7. The summed E-state index contributed by atoms with van der Waals surface area (Å²) in [6.45, 7) is 6.48. The maximum Gasteiger partial charge on any atom is 0.193 e. The average molecular weight is 269 g/mol. The van der Waals surface area contributed by atoms with E-state index in [0.717, 1.165) is 16.9 Å². The molecule has 0 atom stereocenters. The van der Waals surface area contributed by atoms with Crippen molar-refractivity contribution in [1.29, 1.82) is 0 Å². The van der Waals surface area contributed by atoms with Crippen LogP contribution in [0.3, 0.4) is 0 Å². The quantitative estimate of drug-likeness (QED) is 0.682. The fraction of sp³-hybridized carbons (Fsp3) is 0.235. The minimum Gasteiger partial charge on any atom is -0.494 e. The number of benzene rings is 2. The van der Waals surface area contributed by atoms with Crippen LogP contribution in [0.1, 0.15) is 34.0 Å². The maximum absolute atomic E-state index is 12.5. The molecule has 0 aliphatic rings. The van der Waals surface area contributed by atoms with Crippen LogP contribution < -0.4 is 10.5 Å². The number of hydrogen-bond acceptors (Lipinski definition) is 3. The summed E-state index contributed by atoms with van der Waals surface area (Å²) in [7, 11) is 0. The normalized spacial score (nSPS) is 10.3. The molecule has 0 amide bonds. The van der Waals surface area contributed by atoms with E-state index in [4.69, 9.17) is 10.5 Å². The monoisotopic (exact) mass is 269 g/mol. The molecule has 0 aromatic heterocycles. The summed E-state index contributed by atoms with van der Waals surface area (Å²) in [4.78, 5) is 12.5. The summed E-state index contributed by atoms with van der Waals surface area (Å²) >= 11 is 0. The van der Waals surface area contributed by atoms with Gasteiger partial charge in [-0.15, -0.1) is 0 Å². The second kappa shape index (κ2) is 5.78. The van der Waals surface area contributed by atoms with Crippen molar-refractivity contribution in [3.05, 3.63) is 58.7 Å². The molecule has 0 heterocycles. The van der Waals surface area contributed by atoms with E-state index < -0.39 is 0 Å². The molecular formula is C17H19NO2. The number of rotatable bonds is 4. The molecule has 2 N–H and O–H groups in total. The zero-order valence-corrected chi connectivity index (χ0v) is 12.1. The Morgan fingerprint density at radius 3 is 2.30 bits per heavy atom. The molecule has 0 radical (unpaired) electrons. The van der Waals surface area contributed by atoms with Crippen LogP contribution in [0.5, 0.6) is 5.75 Å². The van der Waals surface area contributed by atoms with Gasteiger partial charge < -0.3 is 10.5 Å². The van der Waals surface area contributed by atoms with E-state index in [2.05, 4.69) is 0 Å². The Labute approximate surface area is 119 Å². The summed E-state index contributed by atoms with van der Waals surface area (Å²) in [6.07, 6.45) is 0. The summed E-state index contributed by atoms with van der Waals surface area (Å²) in [5.41, 5.74) is 9.61. The Balaban J connectivity index is 2.40. The van der Waals surface area contributed by atoms with Gasteiger partial charge in [0.1, 0.15) is 5.75 Å². The van der Waals surface area contributed by atoms with E-state index >= 15 is 0 Å². The van der Waals surface area contributed by atoms with Crippen LogP contribution in [0.15, 0.2) is 36.4 Å². The van der Waals surface area contributed by atoms with Gasteiger partial charge in [-0.25, -0.2) is 0 Å². The predicted octanol–water partition coefficient (Wildman–Crippen LogP) is 3.52. The minimum absolute atomic E-state index is 0.00801. The van der Waals surface area contributed by atoms with Crippen molar-refractivity contribution in [3.63, 3.8) is 0 Å². The van der Waals surface area contributed by atoms with E-state index in [-0.39, 0.29) is 5.78 Å². The lowest BCUT2D eigenvalue weighted by molar-refractivity contribution is 0.103. The predicted molar refractivity (Wildman–Crippen MR) is 81.4 cm³/mol. The van der Waals surface area contributed by atoms with Gasteiger partial charge in [-0.3, -0.25) is 4.79 Å². The third-order valence-corrected chi connectivity index (χ3v) is 3.45. The van der Waals surface area contributed by atoms with Gasteiger partial charge in [-0.2, -0.15) is 0 Å². The van der Waals surface area contributed by atoms with Gasteiger partial charge >= 0.3 is 0 Å². The molecule has 0 spiro atoms. The topological polar surface area (TPSA) is 52.3 Å². The number of nitrogens with two attached hydrogens (primary N) is 1. The van der Waals surface area contributed by atoms with E-state index in [9.17, 15) is 4.79 Å². The molecule has 0 unspecified atom stereocenters. The van der Waals surface area contributed by atoms with Gasteiger partial charge in [0.2, 0.25) is 0 Å². The molecule has 20 heavy (non-hydrogen) atoms. The standard InChI is InChI=1S/C17H19NO2/c1-4-20-16-10-9-15(11(2)12(16)3)17(19)13-5-7-14(18)8-6-13/h5-10H,4,18H2,1-3H3. The SMILES string of the molecule is CCOc1ccc(C(=O)c2ccc(N)cc2)c(C)c1C. The lowest BCUT2D eigenvalue weighted by Crippen LogP contribution is -2.06. The van der Waals surface area contributed by atoms with Crippen molar-refractivity contribution in [2.24, 2.45) is 0 Å². The third-order valence-electron chi connectivity index (χ3n) is 3.45. The lowest BCUT2D eigenvalue weighted by Gasteiger charge is -2.13. The summed E-state index contributed by atoms with van der Waals surface area (Å²) in [5.74, 6) is 0.840. The van der Waals surface area contributed by atoms with Gasteiger partial charge in [0.25, 0.3) is 0 Å². The second-order valence-corrected chi connectivity index (χ2v) is 4.75. The highest BCUT2D eigenvalue weighted by Crippen LogP contribution is 2.26. The smallest absolute Gasteiger partial charge is 0.193 e. The first kappa shape index (κ1) is 14.1. The molecule has 2 aromatic rings. The number of nitrogen functional groups attached to an aromatic ring is 1. The highest BCUT2D eigenvalue weighted by atomic mass is 16.5. The van der Waals surface area contributed by atoms with Crippen LogP contribution >= 0.6 is 0 Å². The third kappa shape index (κ3) is 2.67. The molecule has 3 heteroatoms. The molecule has 2 rings (SSSR count). The molecule has 0 aliphatic heterocycles. The second-order valence-electron chi connectivity index (χ2n) is 4.75. The van der Waals surface area contributed by atoms with E-state index in [1.165, 1.54) is 0 Å². The zero-order valence-electron chi connectivity index (χ0n) is 12.1. The Kier molecular flexibility index (Phi) is 4.08. The first-order valence-electron chi connectivity index (χ1n) is 6.67. The summed E-state index contributed by atoms with van der Waals surface area (Å²) in [5, 5.41) is 0. The molecule has 0 aliphatic carbocycles. The van der Waals surface area contributed by atoms with Gasteiger partial charge in [0.15, 0.2) is 5.78 Å². The fourth-order valence-electron chi connectivity index (χ4n) is 2.14. The number of carbonyl (C=O) groups excluding carboxylic acids is 1.